The van der Waals surface area contributed by atoms with Crippen molar-refractivity contribution in [3.05, 3.63) is 35.4 Å². The summed E-state index contributed by atoms with van der Waals surface area (Å²) in [5.41, 5.74) is -0.0374. The molecule has 0 heterocycles. The van der Waals surface area contributed by atoms with Gasteiger partial charge in [-0.25, -0.2) is 8.78 Å². The first kappa shape index (κ1) is 20.8. The second kappa shape index (κ2) is 10.6. The Balaban J connectivity index is 0.00000288. The highest BCUT2D eigenvalue weighted by atomic mass is 35.5. The molecule has 0 atom stereocenters. The van der Waals surface area contributed by atoms with Gasteiger partial charge in [-0.15, -0.1) is 12.4 Å². The quantitative estimate of drug-likeness (QED) is 0.723. The van der Waals surface area contributed by atoms with Crippen LogP contribution in [0.3, 0.4) is 0 Å². The summed E-state index contributed by atoms with van der Waals surface area (Å²) in [6, 6.07) is 3.85. The van der Waals surface area contributed by atoms with Crippen molar-refractivity contribution >= 4 is 18.3 Å². The first-order valence-corrected chi connectivity index (χ1v) is 8.05. The molecule has 1 amide bonds. The minimum Gasteiger partial charge on any atom is -0.383 e. The van der Waals surface area contributed by atoms with Gasteiger partial charge in [0.1, 0.15) is 11.6 Å². The van der Waals surface area contributed by atoms with Crippen molar-refractivity contribution in [2.24, 2.45) is 0 Å². The van der Waals surface area contributed by atoms with Gasteiger partial charge in [-0.3, -0.25) is 4.79 Å². The fraction of sp³-hybridized carbons (Fsp3) is 0.588. The number of rotatable bonds is 8. The van der Waals surface area contributed by atoms with Crippen LogP contribution >= 0.6 is 12.4 Å². The Labute approximate surface area is 148 Å². The van der Waals surface area contributed by atoms with Crippen molar-refractivity contribution in [2.45, 2.75) is 38.3 Å². The SMILES string of the molecule is COCCNCC(=O)N(Cc1c(F)cccc1F)C1CCCC1.Cl. The first-order valence-electron chi connectivity index (χ1n) is 8.05. The standard InChI is InChI=1S/C17H24F2N2O2.ClH/c1-23-10-9-20-11-17(22)21(13-5-2-3-6-13)12-14-15(18)7-4-8-16(14)19;/h4,7-8,13,20H,2-3,5-6,9-12H2,1H3;1H. The molecule has 4 nitrogen and oxygen atoms in total. The van der Waals surface area contributed by atoms with Gasteiger partial charge in [-0.2, -0.15) is 0 Å². The predicted octanol–water partition coefficient (Wildman–Crippen LogP) is 2.89. The Kier molecular flexibility index (Phi) is 9.18. The molecule has 0 radical (unpaired) electrons. The molecule has 1 saturated carbocycles. The fourth-order valence-corrected chi connectivity index (χ4v) is 2.96. The highest BCUT2D eigenvalue weighted by Crippen LogP contribution is 2.26. The zero-order valence-electron chi connectivity index (χ0n) is 13.9. The Bertz CT molecular complexity index is 505. The number of nitrogens with zero attached hydrogens (tertiary/aromatic N) is 1. The van der Waals surface area contributed by atoms with Crippen LogP contribution in [-0.4, -0.2) is 43.7 Å². The Morgan fingerprint density at radius 1 is 1.29 bits per heavy atom. The van der Waals surface area contributed by atoms with Crippen LogP contribution < -0.4 is 5.32 Å². The number of carbonyl (C=O) groups excluding carboxylic acids is 1. The Morgan fingerprint density at radius 2 is 1.92 bits per heavy atom. The summed E-state index contributed by atoms with van der Waals surface area (Å²) in [4.78, 5) is 14.1. The van der Waals surface area contributed by atoms with Gasteiger partial charge in [0.15, 0.2) is 0 Å². The zero-order valence-corrected chi connectivity index (χ0v) is 14.7. The van der Waals surface area contributed by atoms with Crippen molar-refractivity contribution in [3.63, 3.8) is 0 Å². The summed E-state index contributed by atoms with van der Waals surface area (Å²) < 4.78 is 32.7. The third-order valence-electron chi connectivity index (χ3n) is 4.24. The van der Waals surface area contributed by atoms with Crippen LogP contribution in [0.5, 0.6) is 0 Å². The van der Waals surface area contributed by atoms with Crippen LogP contribution in [0.15, 0.2) is 18.2 Å². The van der Waals surface area contributed by atoms with Gasteiger partial charge in [-0.1, -0.05) is 18.9 Å². The minimum atomic E-state index is -0.604. The number of amides is 1. The molecule has 1 fully saturated rings. The van der Waals surface area contributed by atoms with Gasteiger partial charge in [0, 0.05) is 25.3 Å². The van der Waals surface area contributed by atoms with Crippen molar-refractivity contribution in [1.82, 2.24) is 10.2 Å². The van der Waals surface area contributed by atoms with E-state index >= 15 is 0 Å². The predicted molar refractivity (Wildman–Crippen MR) is 91.2 cm³/mol. The van der Waals surface area contributed by atoms with E-state index in [9.17, 15) is 13.6 Å². The number of hydrogen-bond donors (Lipinski definition) is 1. The van der Waals surface area contributed by atoms with Crippen molar-refractivity contribution in [1.29, 1.82) is 0 Å². The zero-order chi connectivity index (χ0) is 16.7. The van der Waals surface area contributed by atoms with Gasteiger partial charge < -0.3 is 15.0 Å². The Hall–Kier alpha value is -1.24. The molecule has 0 bridgehead atoms. The molecule has 0 aliphatic heterocycles. The lowest BCUT2D eigenvalue weighted by Gasteiger charge is -2.29. The van der Waals surface area contributed by atoms with Gasteiger partial charge in [-0.05, 0) is 25.0 Å². The molecule has 136 valence electrons. The summed E-state index contributed by atoms with van der Waals surface area (Å²) in [6.07, 6.45) is 3.87. The fourth-order valence-electron chi connectivity index (χ4n) is 2.96. The van der Waals surface area contributed by atoms with Gasteiger partial charge >= 0.3 is 0 Å². The highest BCUT2D eigenvalue weighted by molar-refractivity contribution is 5.85. The number of halogens is 3. The molecular weight excluding hydrogens is 338 g/mol. The number of carbonyl (C=O) groups is 1. The topological polar surface area (TPSA) is 41.6 Å². The molecule has 1 N–H and O–H groups in total. The smallest absolute Gasteiger partial charge is 0.237 e. The van der Waals surface area contributed by atoms with Crippen LogP contribution in [0.2, 0.25) is 0 Å². The molecular formula is C17H25ClF2N2O2. The lowest BCUT2D eigenvalue weighted by molar-refractivity contribution is -0.133. The van der Waals surface area contributed by atoms with E-state index in [1.165, 1.54) is 18.2 Å². The molecule has 0 unspecified atom stereocenters. The van der Waals surface area contributed by atoms with E-state index < -0.39 is 11.6 Å². The van der Waals surface area contributed by atoms with E-state index in [1.807, 2.05) is 0 Å². The van der Waals surface area contributed by atoms with Crippen molar-refractivity contribution in [3.8, 4) is 0 Å². The molecule has 1 aliphatic rings. The van der Waals surface area contributed by atoms with Crippen LogP contribution in [0.25, 0.3) is 0 Å². The maximum atomic E-state index is 13.9. The largest absolute Gasteiger partial charge is 0.383 e. The summed E-state index contributed by atoms with van der Waals surface area (Å²) in [7, 11) is 1.59. The first-order chi connectivity index (χ1) is 11.1. The second-order valence-electron chi connectivity index (χ2n) is 5.83. The van der Waals surface area contributed by atoms with Crippen LogP contribution in [0, 0.1) is 11.6 Å². The third-order valence-corrected chi connectivity index (χ3v) is 4.24. The number of ether oxygens (including phenoxy) is 1. The maximum Gasteiger partial charge on any atom is 0.237 e. The summed E-state index contributed by atoms with van der Waals surface area (Å²) >= 11 is 0. The minimum absolute atomic E-state index is 0. The van der Waals surface area contributed by atoms with E-state index in [0.717, 1.165) is 25.7 Å². The molecule has 2 rings (SSSR count). The van der Waals surface area contributed by atoms with Crippen molar-refractivity contribution < 1.29 is 18.3 Å². The molecule has 1 aromatic carbocycles. The average molecular weight is 363 g/mol. The van der Waals surface area contributed by atoms with Gasteiger partial charge in [0.2, 0.25) is 5.91 Å². The molecule has 7 heteroatoms. The molecule has 0 saturated heterocycles. The monoisotopic (exact) mass is 362 g/mol. The lowest BCUT2D eigenvalue weighted by atomic mass is 10.1. The molecule has 1 aliphatic carbocycles. The molecule has 1 aromatic rings. The highest BCUT2D eigenvalue weighted by Gasteiger charge is 2.28. The average Bonchev–Trinajstić information content (AvgIpc) is 3.05. The van der Waals surface area contributed by atoms with Gasteiger partial charge in [0.05, 0.1) is 19.7 Å². The number of methoxy groups -OCH3 is 1. The second-order valence-corrected chi connectivity index (χ2v) is 5.83. The van der Waals surface area contributed by atoms with Crippen LogP contribution in [0.1, 0.15) is 31.2 Å². The lowest BCUT2D eigenvalue weighted by Crippen LogP contribution is -2.44. The maximum absolute atomic E-state index is 13.9. The van der Waals surface area contributed by atoms with E-state index in [0.29, 0.717) is 13.2 Å². The number of nitrogens with one attached hydrogen (secondary N) is 1. The van der Waals surface area contributed by atoms with E-state index in [1.54, 1.807) is 12.0 Å². The van der Waals surface area contributed by atoms with Crippen LogP contribution in [-0.2, 0) is 16.1 Å². The van der Waals surface area contributed by atoms with E-state index in [-0.39, 0.29) is 43.0 Å². The Morgan fingerprint density at radius 3 is 2.50 bits per heavy atom. The van der Waals surface area contributed by atoms with Crippen molar-refractivity contribution in [2.75, 3.05) is 26.8 Å². The van der Waals surface area contributed by atoms with Crippen LogP contribution in [0.4, 0.5) is 8.78 Å². The number of benzene rings is 1. The van der Waals surface area contributed by atoms with E-state index in [2.05, 4.69) is 5.32 Å². The molecule has 0 aromatic heterocycles. The molecule has 0 spiro atoms. The summed E-state index contributed by atoms with van der Waals surface area (Å²) in [6.45, 7) is 1.21. The third kappa shape index (κ3) is 5.69. The summed E-state index contributed by atoms with van der Waals surface area (Å²) in [5.74, 6) is -1.34. The number of hydrogen-bond acceptors (Lipinski definition) is 3. The van der Waals surface area contributed by atoms with E-state index in [4.69, 9.17) is 4.74 Å². The molecule has 24 heavy (non-hydrogen) atoms. The normalized spacial score (nSPS) is 14.5. The van der Waals surface area contributed by atoms with Gasteiger partial charge in [0.25, 0.3) is 0 Å². The summed E-state index contributed by atoms with van der Waals surface area (Å²) in [5, 5.41) is 3.00.